The molecule has 0 unspecified atom stereocenters. The van der Waals surface area contributed by atoms with Crippen molar-refractivity contribution in [1.82, 2.24) is 0 Å². The summed E-state index contributed by atoms with van der Waals surface area (Å²) in [5.41, 5.74) is 1.11. The van der Waals surface area contributed by atoms with Gasteiger partial charge in [0.2, 0.25) is 0 Å². The average molecular weight is 462 g/mol. The lowest BCUT2D eigenvalue weighted by atomic mass is 10.2. The molecule has 1 amide bonds. The summed E-state index contributed by atoms with van der Waals surface area (Å²) in [6.45, 7) is 0. The molecule has 0 saturated heterocycles. The Morgan fingerprint density at radius 2 is 1.96 bits per heavy atom. The van der Waals surface area contributed by atoms with Crippen LogP contribution < -0.4 is 5.32 Å². The molecular formula is C20H11BrCl2N2O2. The number of halogens is 3. The fourth-order valence-corrected chi connectivity index (χ4v) is 3.10. The van der Waals surface area contributed by atoms with Crippen LogP contribution in [0.1, 0.15) is 5.76 Å². The minimum atomic E-state index is -0.533. The van der Waals surface area contributed by atoms with E-state index in [1.165, 1.54) is 6.08 Å². The molecule has 0 atom stereocenters. The number of nitrogens with one attached hydrogen (secondary N) is 1. The zero-order chi connectivity index (χ0) is 19.4. The number of anilines is 1. The fraction of sp³-hybridized carbons (Fsp3) is 0. The highest BCUT2D eigenvalue weighted by Gasteiger charge is 2.13. The van der Waals surface area contributed by atoms with Gasteiger partial charge in [-0.2, -0.15) is 5.26 Å². The van der Waals surface area contributed by atoms with Crippen LogP contribution in [-0.4, -0.2) is 5.91 Å². The summed E-state index contributed by atoms with van der Waals surface area (Å²) in [6.07, 6.45) is 1.37. The predicted molar refractivity (Wildman–Crippen MR) is 111 cm³/mol. The second-order valence-electron chi connectivity index (χ2n) is 5.46. The molecule has 7 heteroatoms. The maximum atomic E-state index is 12.3. The summed E-state index contributed by atoms with van der Waals surface area (Å²) in [7, 11) is 0. The summed E-state index contributed by atoms with van der Waals surface area (Å²) >= 11 is 15.5. The summed E-state index contributed by atoms with van der Waals surface area (Å²) in [5.74, 6) is 0.301. The third-order valence-corrected chi connectivity index (χ3v) is 4.61. The Kier molecular flexibility index (Phi) is 6.02. The number of hydrogen-bond donors (Lipinski definition) is 1. The van der Waals surface area contributed by atoms with Crippen molar-refractivity contribution >= 4 is 56.8 Å². The number of benzene rings is 2. The van der Waals surface area contributed by atoms with Crippen LogP contribution in [0.5, 0.6) is 0 Å². The van der Waals surface area contributed by atoms with Gasteiger partial charge in [0.1, 0.15) is 23.2 Å². The number of hydrogen-bond acceptors (Lipinski definition) is 3. The van der Waals surface area contributed by atoms with E-state index in [-0.39, 0.29) is 5.57 Å². The molecule has 0 bridgehead atoms. The quantitative estimate of drug-likeness (QED) is 0.353. The Morgan fingerprint density at radius 3 is 2.70 bits per heavy atom. The SMILES string of the molecule is N#C/C(=C/c1ccc(-c2cc(Cl)ccc2Cl)o1)C(=O)Nc1cccc(Br)c1. The number of furan rings is 1. The first-order valence-electron chi connectivity index (χ1n) is 7.70. The van der Waals surface area contributed by atoms with Crippen molar-refractivity contribution < 1.29 is 9.21 Å². The van der Waals surface area contributed by atoms with E-state index in [1.807, 2.05) is 12.1 Å². The molecule has 0 fully saturated rings. The van der Waals surface area contributed by atoms with Crippen molar-refractivity contribution in [2.45, 2.75) is 0 Å². The topological polar surface area (TPSA) is 66.0 Å². The molecule has 3 aromatic rings. The molecule has 4 nitrogen and oxygen atoms in total. The standard InChI is InChI=1S/C20H11BrCl2N2O2/c21-13-2-1-3-15(9-13)25-20(26)12(11-24)8-16-5-7-19(27-16)17-10-14(22)4-6-18(17)23/h1-10H,(H,25,26)/b12-8-. The lowest BCUT2D eigenvalue weighted by Gasteiger charge is -2.04. The zero-order valence-corrected chi connectivity index (χ0v) is 16.8. The van der Waals surface area contributed by atoms with Gasteiger partial charge in [-0.15, -0.1) is 0 Å². The van der Waals surface area contributed by atoms with Gasteiger partial charge in [0.05, 0.1) is 5.02 Å². The van der Waals surface area contributed by atoms with Gasteiger partial charge in [0.25, 0.3) is 5.91 Å². The third kappa shape index (κ3) is 4.81. The molecule has 1 aromatic heterocycles. The van der Waals surface area contributed by atoms with E-state index in [9.17, 15) is 10.1 Å². The van der Waals surface area contributed by atoms with Crippen LogP contribution in [0.2, 0.25) is 10.0 Å². The molecule has 0 aliphatic heterocycles. The molecule has 0 spiro atoms. The lowest BCUT2D eigenvalue weighted by molar-refractivity contribution is -0.112. The highest BCUT2D eigenvalue weighted by Crippen LogP contribution is 2.32. The maximum Gasteiger partial charge on any atom is 0.266 e. The minimum absolute atomic E-state index is 0.0898. The molecule has 1 heterocycles. The van der Waals surface area contributed by atoms with Crippen LogP contribution in [0, 0.1) is 11.3 Å². The van der Waals surface area contributed by atoms with Crippen LogP contribution in [0.4, 0.5) is 5.69 Å². The first-order valence-corrected chi connectivity index (χ1v) is 9.25. The van der Waals surface area contributed by atoms with Crippen LogP contribution in [0.15, 0.2) is 69.1 Å². The Morgan fingerprint density at radius 1 is 1.15 bits per heavy atom. The molecule has 0 aliphatic rings. The number of nitriles is 1. The third-order valence-electron chi connectivity index (χ3n) is 3.55. The maximum absolute atomic E-state index is 12.3. The van der Waals surface area contributed by atoms with E-state index in [4.69, 9.17) is 27.6 Å². The van der Waals surface area contributed by atoms with Gasteiger partial charge in [-0.05, 0) is 48.5 Å². The predicted octanol–water partition coefficient (Wildman–Crippen LogP) is 6.56. The summed E-state index contributed by atoms with van der Waals surface area (Å²) in [4.78, 5) is 12.3. The average Bonchev–Trinajstić information content (AvgIpc) is 3.10. The normalized spacial score (nSPS) is 11.1. The summed E-state index contributed by atoms with van der Waals surface area (Å²) in [6, 6.07) is 17.3. The first-order chi connectivity index (χ1) is 13.0. The number of rotatable bonds is 4. The summed E-state index contributed by atoms with van der Waals surface area (Å²) in [5, 5.41) is 13.0. The first kappa shape index (κ1) is 19.2. The molecule has 1 N–H and O–H groups in total. The smallest absolute Gasteiger partial charge is 0.266 e. The Balaban J connectivity index is 1.84. The minimum Gasteiger partial charge on any atom is -0.457 e. The Labute approximate surface area is 174 Å². The zero-order valence-electron chi connectivity index (χ0n) is 13.7. The Hall–Kier alpha value is -2.52. The van der Waals surface area contributed by atoms with Crippen molar-refractivity contribution in [3.8, 4) is 17.4 Å². The van der Waals surface area contributed by atoms with Crippen LogP contribution in [0.3, 0.4) is 0 Å². The van der Waals surface area contributed by atoms with E-state index in [2.05, 4.69) is 21.2 Å². The molecule has 3 rings (SSSR count). The van der Waals surface area contributed by atoms with Crippen molar-refractivity contribution in [1.29, 1.82) is 5.26 Å². The van der Waals surface area contributed by atoms with Crippen molar-refractivity contribution in [2.24, 2.45) is 0 Å². The van der Waals surface area contributed by atoms with Crippen molar-refractivity contribution in [2.75, 3.05) is 5.32 Å². The van der Waals surface area contributed by atoms with Crippen LogP contribution >= 0.6 is 39.1 Å². The van der Waals surface area contributed by atoms with E-state index in [1.54, 1.807) is 48.5 Å². The van der Waals surface area contributed by atoms with Crippen molar-refractivity contribution in [3.05, 3.63) is 80.4 Å². The van der Waals surface area contributed by atoms with Gasteiger partial charge < -0.3 is 9.73 Å². The van der Waals surface area contributed by atoms with Gasteiger partial charge >= 0.3 is 0 Å². The largest absolute Gasteiger partial charge is 0.457 e. The highest BCUT2D eigenvalue weighted by molar-refractivity contribution is 9.10. The molecule has 27 heavy (non-hydrogen) atoms. The Bertz CT molecular complexity index is 1080. The van der Waals surface area contributed by atoms with E-state index in [0.717, 1.165) is 4.47 Å². The highest BCUT2D eigenvalue weighted by atomic mass is 79.9. The molecule has 0 aliphatic carbocycles. The monoisotopic (exact) mass is 460 g/mol. The number of nitrogens with zero attached hydrogens (tertiary/aromatic N) is 1. The molecular weight excluding hydrogens is 451 g/mol. The van der Waals surface area contributed by atoms with E-state index in [0.29, 0.717) is 32.8 Å². The second kappa shape index (κ2) is 8.45. The number of carbonyl (C=O) groups is 1. The van der Waals surface area contributed by atoms with E-state index >= 15 is 0 Å². The van der Waals surface area contributed by atoms with Gasteiger partial charge in [0, 0.05) is 26.8 Å². The second-order valence-corrected chi connectivity index (χ2v) is 7.22. The number of amides is 1. The van der Waals surface area contributed by atoms with E-state index < -0.39 is 5.91 Å². The van der Waals surface area contributed by atoms with Crippen LogP contribution in [-0.2, 0) is 4.79 Å². The molecule has 2 aromatic carbocycles. The molecule has 0 saturated carbocycles. The van der Waals surface area contributed by atoms with Gasteiger partial charge in [-0.25, -0.2) is 0 Å². The lowest BCUT2D eigenvalue weighted by Crippen LogP contribution is -2.13. The van der Waals surface area contributed by atoms with Gasteiger partial charge in [-0.1, -0.05) is 45.2 Å². The summed E-state index contributed by atoms with van der Waals surface area (Å²) < 4.78 is 6.52. The fourth-order valence-electron chi connectivity index (χ4n) is 2.32. The van der Waals surface area contributed by atoms with Gasteiger partial charge in [-0.3, -0.25) is 4.79 Å². The molecule has 134 valence electrons. The number of carbonyl (C=O) groups excluding carboxylic acids is 1. The van der Waals surface area contributed by atoms with Gasteiger partial charge in [0.15, 0.2) is 0 Å². The molecule has 0 radical (unpaired) electrons. The van der Waals surface area contributed by atoms with Crippen molar-refractivity contribution in [3.63, 3.8) is 0 Å². The van der Waals surface area contributed by atoms with Crippen LogP contribution in [0.25, 0.3) is 17.4 Å².